The molecule has 0 bridgehead atoms. The summed E-state index contributed by atoms with van der Waals surface area (Å²) in [5.74, 6) is 2.03. The van der Waals surface area contributed by atoms with Gasteiger partial charge in [-0.2, -0.15) is 5.26 Å². The molecule has 0 fully saturated rings. The van der Waals surface area contributed by atoms with E-state index in [9.17, 15) is 0 Å². The second-order valence-electron chi connectivity index (χ2n) is 4.67. The Hall–Kier alpha value is -2.67. The number of benzene rings is 2. The molecule has 108 valence electrons. The van der Waals surface area contributed by atoms with Crippen LogP contribution in [0.5, 0.6) is 17.2 Å². The van der Waals surface area contributed by atoms with Crippen LogP contribution in [0.2, 0.25) is 0 Å². The highest BCUT2D eigenvalue weighted by Gasteiger charge is 2.03. The Morgan fingerprint density at radius 2 is 1.76 bits per heavy atom. The third-order valence-electron chi connectivity index (χ3n) is 2.82. The molecule has 0 amide bonds. The van der Waals surface area contributed by atoms with Gasteiger partial charge < -0.3 is 15.2 Å². The van der Waals surface area contributed by atoms with Crippen LogP contribution in [0.15, 0.2) is 42.5 Å². The maximum absolute atomic E-state index is 8.65. The number of rotatable bonds is 6. The lowest BCUT2D eigenvalue weighted by molar-refractivity contribution is 0.316. The van der Waals surface area contributed by atoms with Gasteiger partial charge in [-0.3, -0.25) is 0 Å². The normalized spacial score (nSPS) is 9.90. The van der Waals surface area contributed by atoms with E-state index in [4.69, 9.17) is 20.5 Å². The van der Waals surface area contributed by atoms with Crippen molar-refractivity contribution in [3.05, 3.63) is 48.0 Å². The molecular formula is C17H18N2O2. The lowest BCUT2D eigenvalue weighted by atomic mass is 10.2. The van der Waals surface area contributed by atoms with Crippen LogP contribution in [0.4, 0.5) is 5.69 Å². The van der Waals surface area contributed by atoms with Crippen molar-refractivity contribution >= 4 is 5.69 Å². The minimum Gasteiger partial charge on any atom is -0.493 e. The van der Waals surface area contributed by atoms with Gasteiger partial charge >= 0.3 is 0 Å². The zero-order valence-electron chi connectivity index (χ0n) is 12.0. The third-order valence-corrected chi connectivity index (χ3v) is 2.82. The topological polar surface area (TPSA) is 68.3 Å². The largest absolute Gasteiger partial charge is 0.493 e. The Bertz CT molecular complexity index is 630. The van der Waals surface area contributed by atoms with Crippen molar-refractivity contribution < 1.29 is 9.47 Å². The van der Waals surface area contributed by atoms with E-state index in [1.807, 2.05) is 37.3 Å². The Kier molecular flexibility index (Phi) is 5.05. The summed E-state index contributed by atoms with van der Waals surface area (Å²) in [4.78, 5) is 0. The Morgan fingerprint density at radius 3 is 2.43 bits per heavy atom. The van der Waals surface area contributed by atoms with E-state index in [0.717, 1.165) is 12.0 Å². The van der Waals surface area contributed by atoms with Crippen LogP contribution in [0.1, 0.15) is 18.9 Å². The summed E-state index contributed by atoms with van der Waals surface area (Å²) in [5.41, 5.74) is 7.41. The standard InChI is InChI=1S/C17H18N2O2/c1-2-9-20-16-10-14(19)11-17(12-16)21-15-5-3-13(4-6-15)7-8-18/h3-6,10-12H,2,7,9,19H2,1H3. The molecule has 0 spiro atoms. The second kappa shape index (κ2) is 7.20. The summed E-state index contributed by atoms with van der Waals surface area (Å²) in [6.45, 7) is 2.69. The average molecular weight is 282 g/mol. The summed E-state index contributed by atoms with van der Waals surface area (Å²) < 4.78 is 11.3. The highest BCUT2D eigenvalue weighted by atomic mass is 16.5. The quantitative estimate of drug-likeness (QED) is 0.815. The number of nitrogens with two attached hydrogens (primary N) is 1. The van der Waals surface area contributed by atoms with E-state index >= 15 is 0 Å². The van der Waals surface area contributed by atoms with Gasteiger partial charge in [-0.15, -0.1) is 0 Å². The highest BCUT2D eigenvalue weighted by Crippen LogP contribution is 2.28. The van der Waals surface area contributed by atoms with Gasteiger partial charge in [0, 0.05) is 23.9 Å². The lowest BCUT2D eigenvalue weighted by Crippen LogP contribution is -1.97. The van der Waals surface area contributed by atoms with E-state index in [0.29, 0.717) is 36.0 Å². The van der Waals surface area contributed by atoms with E-state index in [2.05, 4.69) is 6.07 Å². The fraction of sp³-hybridized carbons (Fsp3) is 0.235. The SMILES string of the molecule is CCCOc1cc(N)cc(Oc2ccc(CC#N)cc2)c1. The predicted octanol–water partition coefficient (Wildman–Crippen LogP) is 3.92. The summed E-state index contributed by atoms with van der Waals surface area (Å²) in [6, 6.07) is 14.9. The number of ether oxygens (including phenoxy) is 2. The van der Waals surface area contributed by atoms with Crippen LogP contribution in [0, 0.1) is 11.3 Å². The number of nitrogen functional groups attached to an aromatic ring is 1. The van der Waals surface area contributed by atoms with Gasteiger partial charge in [-0.1, -0.05) is 19.1 Å². The minimum atomic E-state index is 0.396. The molecule has 2 rings (SSSR count). The molecule has 0 aromatic heterocycles. The molecule has 0 aliphatic rings. The maximum atomic E-state index is 8.65. The predicted molar refractivity (Wildman–Crippen MR) is 82.5 cm³/mol. The Labute approximate surface area is 124 Å². The van der Waals surface area contributed by atoms with Crippen LogP contribution in [0.25, 0.3) is 0 Å². The van der Waals surface area contributed by atoms with E-state index < -0.39 is 0 Å². The third kappa shape index (κ3) is 4.43. The first-order chi connectivity index (χ1) is 10.2. The van der Waals surface area contributed by atoms with Gasteiger partial charge in [-0.25, -0.2) is 0 Å². The Morgan fingerprint density at radius 1 is 1.05 bits per heavy atom. The van der Waals surface area contributed by atoms with Crippen molar-refractivity contribution in [2.75, 3.05) is 12.3 Å². The van der Waals surface area contributed by atoms with Crippen molar-refractivity contribution in [3.63, 3.8) is 0 Å². The average Bonchev–Trinajstić information content (AvgIpc) is 2.47. The fourth-order valence-electron chi connectivity index (χ4n) is 1.86. The molecule has 0 atom stereocenters. The first kappa shape index (κ1) is 14.7. The molecular weight excluding hydrogens is 264 g/mol. The summed E-state index contributed by atoms with van der Waals surface area (Å²) in [6.07, 6.45) is 1.33. The van der Waals surface area contributed by atoms with Crippen molar-refractivity contribution in [3.8, 4) is 23.3 Å². The summed E-state index contributed by atoms with van der Waals surface area (Å²) in [5, 5.41) is 8.65. The molecule has 0 unspecified atom stereocenters. The van der Waals surface area contributed by atoms with Crippen molar-refractivity contribution in [2.24, 2.45) is 0 Å². The molecule has 0 heterocycles. The van der Waals surface area contributed by atoms with Gasteiger partial charge in [0.15, 0.2) is 0 Å². The zero-order chi connectivity index (χ0) is 15.1. The van der Waals surface area contributed by atoms with Gasteiger partial charge in [0.2, 0.25) is 0 Å². The van der Waals surface area contributed by atoms with Gasteiger partial charge in [0.05, 0.1) is 19.1 Å². The van der Waals surface area contributed by atoms with Crippen molar-refractivity contribution in [1.29, 1.82) is 5.26 Å². The lowest BCUT2D eigenvalue weighted by Gasteiger charge is -2.10. The number of anilines is 1. The molecule has 4 heteroatoms. The van der Waals surface area contributed by atoms with E-state index in [1.165, 1.54) is 0 Å². The first-order valence-electron chi connectivity index (χ1n) is 6.88. The zero-order valence-corrected chi connectivity index (χ0v) is 12.0. The van der Waals surface area contributed by atoms with Crippen LogP contribution in [-0.2, 0) is 6.42 Å². The number of hydrogen-bond donors (Lipinski definition) is 1. The summed E-state index contributed by atoms with van der Waals surface area (Å²) >= 11 is 0. The minimum absolute atomic E-state index is 0.396. The number of nitrogens with zero attached hydrogens (tertiary/aromatic N) is 1. The second-order valence-corrected chi connectivity index (χ2v) is 4.67. The van der Waals surface area contributed by atoms with Crippen LogP contribution >= 0.6 is 0 Å². The monoisotopic (exact) mass is 282 g/mol. The molecule has 21 heavy (non-hydrogen) atoms. The van der Waals surface area contributed by atoms with Gasteiger partial charge in [-0.05, 0) is 24.1 Å². The first-order valence-corrected chi connectivity index (χ1v) is 6.88. The fourth-order valence-corrected chi connectivity index (χ4v) is 1.86. The number of hydrogen-bond acceptors (Lipinski definition) is 4. The van der Waals surface area contributed by atoms with Crippen molar-refractivity contribution in [1.82, 2.24) is 0 Å². The maximum Gasteiger partial charge on any atom is 0.133 e. The smallest absolute Gasteiger partial charge is 0.133 e. The number of nitriles is 1. The van der Waals surface area contributed by atoms with Crippen LogP contribution in [-0.4, -0.2) is 6.61 Å². The molecule has 0 aliphatic heterocycles. The van der Waals surface area contributed by atoms with Gasteiger partial charge in [0.25, 0.3) is 0 Å². The Balaban J connectivity index is 2.11. The molecule has 0 saturated heterocycles. The molecule has 0 saturated carbocycles. The van der Waals surface area contributed by atoms with Crippen LogP contribution in [0.3, 0.4) is 0 Å². The molecule has 0 aliphatic carbocycles. The van der Waals surface area contributed by atoms with Crippen LogP contribution < -0.4 is 15.2 Å². The van der Waals surface area contributed by atoms with Gasteiger partial charge in [0.1, 0.15) is 17.2 Å². The van der Waals surface area contributed by atoms with E-state index in [-0.39, 0.29) is 0 Å². The highest BCUT2D eigenvalue weighted by molar-refractivity contribution is 5.51. The molecule has 4 nitrogen and oxygen atoms in total. The van der Waals surface area contributed by atoms with Crippen molar-refractivity contribution in [2.45, 2.75) is 19.8 Å². The molecule has 2 aromatic rings. The summed E-state index contributed by atoms with van der Waals surface area (Å²) in [7, 11) is 0. The molecule has 0 radical (unpaired) electrons. The molecule has 2 N–H and O–H groups in total. The molecule has 2 aromatic carbocycles. The van der Waals surface area contributed by atoms with E-state index in [1.54, 1.807) is 12.1 Å².